The van der Waals surface area contributed by atoms with E-state index in [1.165, 1.54) is 12.1 Å². The highest BCUT2D eigenvalue weighted by Gasteiger charge is 2.32. The Bertz CT molecular complexity index is 499. The average molecular weight is 266 g/mol. The van der Waals surface area contributed by atoms with Gasteiger partial charge in [0.2, 0.25) is 0 Å². The van der Waals surface area contributed by atoms with Crippen LogP contribution >= 0.6 is 0 Å². The van der Waals surface area contributed by atoms with Crippen molar-refractivity contribution in [2.24, 2.45) is 11.8 Å². The lowest BCUT2D eigenvalue weighted by Crippen LogP contribution is -2.24. The van der Waals surface area contributed by atoms with Gasteiger partial charge >= 0.3 is 5.97 Å². The minimum absolute atomic E-state index is 0.0626. The number of carbonyl (C=O) groups is 1. The molecule has 3 N–H and O–H groups in total. The molecule has 2 atom stereocenters. The third kappa shape index (κ3) is 3.01. The van der Waals surface area contributed by atoms with Crippen molar-refractivity contribution in [3.63, 3.8) is 0 Å². The molecule has 0 spiro atoms. The van der Waals surface area contributed by atoms with E-state index < -0.39 is 16.8 Å². The van der Waals surface area contributed by atoms with Crippen LogP contribution in [-0.4, -0.2) is 16.0 Å². The zero-order valence-electron chi connectivity index (χ0n) is 11.2. The first-order valence-corrected chi connectivity index (χ1v) is 6.03. The van der Waals surface area contributed by atoms with Crippen LogP contribution < -0.4 is 5.73 Å². The molecule has 0 bridgehead atoms. The van der Waals surface area contributed by atoms with E-state index in [9.17, 15) is 20.0 Å². The second-order valence-corrected chi connectivity index (χ2v) is 4.96. The van der Waals surface area contributed by atoms with Crippen LogP contribution in [0, 0.1) is 22.0 Å². The molecule has 1 aromatic rings. The second kappa shape index (κ2) is 5.69. The molecule has 0 saturated heterocycles. The molecule has 0 aliphatic heterocycles. The Morgan fingerprint density at radius 2 is 1.95 bits per heavy atom. The Kier molecular flexibility index (Phi) is 4.47. The van der Waals surface area contributed by atoms with Crippen molar-refractivity contribution < 1.29 is 14.8 Å². The van der Waals surface area contributed by atoms with Crippen LogP contribution in [0.5, 0.6) is 0 Å². The van der Waals surface area contributed by atoms with Crippen LogP contribution in [0.3, 0.4) is 0 Å². The zero-order chi connectivity index (χ0) is 14.7. The molecule has 2 unspecified atom stereocenters. The summed E-state index contributed by atoms with van der Waals surface area (Å²) in [5, 5.41) is 20.2. The van der Waals surface area contributed by atoms with Crippen LogP contribution in [0.15, 0.2) is 18.2 Å². The molecule has 0 aliphatic rings. The number of hydrogen-bond donors (Lipinski definition) is 2. The third-order valence-corrected chi connectivity index (χ3v) is 3.49. The number of carboxylic acids is 1. The van der Waals surface area contributed by atoms with Crippen LogP contribution in [-0.2, 0) is 4.79 Å². The van der Waals surface area contributed by atoms with Crippen LogP contribution in [0.4, 0.5) is 11.4 Å². The number of para-hydroxylation sites is 1. The van der Waals surface area contributed by atoms with E-state index >= 15 is 0 Å². The molecule has 0 fully saturated rings. The van der Waals surface area contributed by atoms with Crippen LogP contribution in [0.25, 0.3) is 0 Å². The minimum atomic E-state index is -1.02. The molecule has 0 amide bonds. The van der Waals surface area contributed by atoms with E-state index in [2.05, 4.69) is 0 Å². The first kappa shape index (κ1) is 14.9. The number of benzene rings is 1. The minimum Gasteiger partial charge on any atom is -0.481 e. The summed E-state index contributed by atoms with van der Waals surface area (Å²) in [6, 6.07) is 4.28. The molecular weight excluding hydrogens is 248 g/mol. The van der Waals surface area contributed by atoms with Gasteiger partial charge in [-0.05, 0) is 17.4 Å². The monoisotopic (exact) mass is 266 g/mol. The quantitative estimate of drug-likeness (QED) is 0.484. The van der Waals surface area contributed by atoms with Crippen molar-refractivity contribution in [1.82, 2.24) is 0 Å². The molecule has 0 heterocycles. The van der Waals surface area contributed by atoms with Gasteiger partial charge in [0.15, 0.2) is 0 Å². The SMILES string of the molecule is CC(C)C(C)C(C(=O)O)c1cccc([N+](=O)[O-])c1N. The van der Waals surface area contributed by atoms with Crippen molar-refractivity contribution in [2.75, 3.05) is 5.73 Å². The summed E-state index contributed by atoms with van der Waals surface area (Å²) in [6.07, 6.45) is 0. The summed E-state index contributed by atoms with van der Waals surface area (Å²) < 4.78 is 0. The molecule has 19 heavy (non-hydrogen) atoms. The van der Waals surface area contributed by atoms with E-state index in [0.29, 0.717) is 5.56 Å². The highest BCUT2D eigenvalue weighted by Crippen LogP contribution is 2.37. The number of rotatable bonds is 5. The van der Waals surface area contributed by atoms with E-state index in [1.54, 1.807) is 6.07 Å². The van der Waals surface area contributed by atoms with Gasteiger partial charge < -0.3 is 10.8 Å². The topological polar surface area (TPSA) is 106 Å². The van der Waals surface area contributed by atoms with Gasteiger partial charge in [-0.25, -0.2) is 0 Å². The number of hydrogen-bond acceptors (Lipinski definition) is 4. The predicted octanol–water partition coefficient (Wildman–Crippen LogP) is 2.64. The first-order valence-electron chi connectivity index (χ1n) is 6.03. The number of nitrogens with zero attached hydrogens (tertiary/aromatic N) is 1. The number of aliphatic carboxylic acids is 1. The number of nitrogen functional groups attached to an aromatic ring is 1. The number of carboxylic acid groups (broad SMARTS) is 1. The van der Waals surface area contributed by atoms with E-state index in [1.807, 2.05) is 20.8 Å². The molecule has 1 rings (SSSR count). The first-order chi connectivity index (χ1) is 8.77. The van der Waals surface area contributed by atoms with Gasteiger partial charge in [0.1, 0.15) is 5.69 Å². The number of anilines is 1. The lowest BCUT2D eigenvalue weighted by atomic mass is 9.80. The molecular formula is C13H18N2O4. The maximum Gasteiger partial charge on any atom is 0.311 e. The fourth-order valence-corrected chi connectivity index (χ4v) is 2.03. The summed E-state index contributed by atoms with van der Waals surface area (Å²) in [5.74, 6) is -1.92. The maximum atomic E-state index is 11.5. The van der Waals surface area contributed by atoms with Crippen molar-refractivity contribution in [1.29, 1.82) is 0 Å². The zero-order valence-corrected chi connectivity index (χ0v) is 11.2. The molecule has 6 nitrogen and oxygen atoms in total. The van der Waals surface area contributed by atoms with Gasteiger partial charge in [0.25, 0.3) is 5.69 Å². The highest BCUT2D eigenvalue weighted by molar-refractivity contribution is 5.81. The Labute approximate surface area is 111 Å². The van der Waals surface area contributed by atoms with Gasteiger partial charge in [-0.15, -0.1) is 0 Å². The molecule has 0 radical (unpaired) electrons. The van der Waals surface area contributed by atoms with Crippen molar-refractivity contribution >= 4 is 17.3 Å². The maximum absolute atomic E-state index is 11.5. The summed E-state index contributed by atoms with van der Waals surface area (Å²) in [5.41, 5.74) is 5.75. The van der Waals surface area contributed by atoms with Crippen molar-refractivity contribution in [3.8, 4) is 0 Å². The second-order valence-electron chi connectivity index (χ2n) is 4.96. The predicted molar refractivity (Wildman–Crippen MR) is 71.9 cm³/mol. The number of nitro benzene ring substituents is 1. The summed E-state index contributed by atoms with van der Waals surface area (Å²) in [4.78, 5) is 21.7. The summed E-state index contributed by atoms with van der Waals surface area (Å²) in [7, 11) is 0. The fraction of sp³-hybridized carbons (Fsp3) is 0.462. The summed E-state index contributed by atoms with van der Waals surface area (Å²) in [6.45, 7) is 5.63. The van der Waals surface area contributed by atoms with Crippen molar-refractivity contribution in [3.05, 3.63) is 33.9 Å². The molecule has 6 heteroatoms. The smallest absolute Gasteiger partial charge is 0.311 e. The standard InChI is InChI=1S/C13H18N2O4/c1-7(2)8(3)11(13(16)17)9-5-4-6-10(12(9)14)15(18)19/h4-8,11H,14H2,1-3H3,(H,16,17). The lowest BCUT2D eigenvalue weighted by Gasteiger charge is -2.24. The molecule has 1 aromatic carbocycles. The Morgan fingerprint density at radius 3 is 2.37 bits per heavy atom. The average Bonchev–Trinajstić information content (AvgIpc) is 2.30. The van der Waals surface area contributed by atoms with Crippen molar-refractivity contribution in [2.45, 2.75) is 26.7 Å². The Hall–Kier alpha value is -2.11. The van der Waals surface area contributed by atoms with Gasteiger partial charge in [-0.1, -0.05) is 32.9 Å². The molecule has 0 aliphatic carbocycles. The lowest BCUT2D eigenvalue weighted by molar-refractivity contribution is -0.384. The number of nitro groups is 1. The fourth-order valence-electron chi connectivity index (χ4n) is 2.03. The van der Waals surface area contributed by atoms with Gasteiger partial charge in [-0.2, -0.15) is 0 Å². The third-order valence-electron chi connectivity index (χ3n) is 3.49. The van der Waals surface area contributed by atoms with Gasteiger partial charge in [0.05, 0.1) is 10.8 Å². The Balaban J connectivity index is 3.36. The van der Waals surface area contributed by atoms with Crippen LogP contribution in [0.2, 0.25) is 0 Å². The molecule has 0 aromatic heterocycles. The molecule has 104 valence electrons. The largest absolute Gasteiger partial charge is 0.481 e. The number of nitrogens with two attached hydrogens (primary N) is 1. The van der Waals surface area contributed by atoms with E-state index in [4.69, 9.17) is 5.73 Å². The van der Waals surface area contributed by atoms with Crippen LogP contribution in [0.1, 0.15) is 32.3 Å². The highest BCUT2D eigenvalue weighted by atomic mass is 16.6. The van der Waals surface area contributed by atoms with E-state index in [0.717, 1.165) is 0 Å². The Morgan fingerprint density at radius 1 is 1.37 bits per heavy atom. The van der Waals surface area contributed by atoms with Gasteiger partial charge in [-0.3, -0.25) is 14.9 Å². The van der Waals surface area contributed by atoms with E-state index in [-0.39, 0.29) is 23.2 Å². The summed E-state index contributed by atoms with van der Waals surface area (Å²) >= 11 is 0. The molecule has 0 saturated carbocycles. The van der Waals surface area contributed by atoms with Gasteiger partial charge in [0, 0.05) is 6.07 Å². The normalized spacial score (nSPS) is 14.1.